The van der Waals surface area contributed by atoms with Crippen molar-refractivity contribution in [3.8, 4) is 5.75 Å². The lowest BCUT2D eigenvalue weighted by molar-refractivity contribution is 0.101. The highest BCUT2D eigenvalue weighted by atomic mass is 35.5. The first kappa shape index (κ1) is 9.00. The number of ketones is 1. The number of halogens is 2. The van der Waals surface area contributed by atoms with Gasteiger partial charge in [-0.1, -0.05) is 11.6 Å². The smallest absolute Gasteiger partial charge is 0.163 e. The Morgan fingerprint density at radius 3 is 2.67 bits per heavy atom. The van der Waals surface area contributed by atoms with Crippen LogP contribution in [0.25, 0.3) is 0 Å². The Kier molecular flexibility index (Phi) is 2.33. The van der Waals surface area contributed by atoms with Crippen LogP contribution in [0.2, 0.25) is 5.02 Å². The van der Waals surface area contributed by atoms with Crippen molar-refractivity contribution >= 4 is 17.4 Å². The highest BCUT2D eigenvalue weighted by Crippen LogP contribution is 2.29. The molecule has 1 aromatic rings. The van der Waals surface area contributed by atoms with E-state index in [1.54, 1.807) is 0 Å². The number of Topliss-reactive ketones (excluding diaryl/α,β-unsaturated/α-hetero) is 1. The van der Waals surface area contributed by atoms with E-state index < -0.39 is 16.6 Å². The maximum atomic E-state index is 12.6. The zero-order chi connectivity index (χ0) is 9.30. The standard InChI is InChI=1S/C8H6ClFO2/c1-4(11)5-2-3-6(10)7(9)8(5)12/h2-3,12H,1H3. The van der Waals surface area contributed by atoms with Crippen LogP contribution in [0.3, 0.4) is 0 Å². The number of carbonyl (C=O) groups excluding carboxylic acids is 1. The summed E-state index contributed by atoms with van der Waals surface area (Å²) in [5.74, 6) is -1.59. The Morgan fingerprint density at radius 1 is 1.58 bits per heavy atom. The van der Waals surface area contributed by atoms with E-state index in [1.165, 1.54) is 13.0 Å². The fraction of sp³-hybridized carbons (Fsp3) is 0.125. The van der Waals surface area contributed by atoms with E-state index in [-0.39, 0.29) is 11.3 Å². The normalized spacial score (nSPS) is 9.92. The van der Waals surface area contributed by atoms with Crippen LogP contribution in [0.1, 0.15) is 17.3 Å². The molecule has 0 saturated carbocycles. The molecule has 0 fully saturated rings. The van der Waals surface area contributed by atoms with Crippen molar-refractivity contribution < 1.29 is 14.3 Å². The minimum absolute atomic E-state index is 0.0291. The third-order valence-corrected chi connectivity index (χ3v) is 1.81. The summed E-state index contributed by atoms with van der Waals surface area (Å²) in [6.45, 7) is 1.27. The van der Waals surface area contributed by atoms with Crippen molar-refractivity contribution in [2.75, 3.05) is 0 Å². The second kappa shape index (κ2) is 3.11. The molecule has 64 valence electrons. The summed E-state index contributed by atoms with van der Waals surface area (Å²) < 4.78 is 12.6. The predicted molar refractivity (Wildman–Crippen MR) is 43.1 cm³/mol. The zero-order valence-corrected chi connectivity index (χ0v) is 7.02. The number of phenols is 1. The van der Waals surface area contributed by atoms with Crippen LogP contribution in [-0.4, -0.2) is 10.9 Å². The molecule has 0 atom stereocenters. The van der Waals surface area contributed by atoms with E-state index in [4.69, 9.17) is 16.7 Å². The molecule has 1 rings (SSSR count). The number of hydrogen-bond donors (Lipinski definition) is 1. The van der Waals surface area contributed by atoms with Gasteiger partial charge in [0.2, 0.25) is 0 Å². The minimum atomic E-state index is -0.737. The van der Waals surface area contributed by atoms with Gasteiger partial charge >= 0.3 is 0 Å². The molecule has 4 heteroatoms. The quantitative estimate of drug-likeness (QED) is 0.687. The van der Waals surface area contributed by atoms with Crippen LogP contribution in [-0.2, 0) is 0 Å². The van der Waals surface area contributed by atoms with Crippen LogP contribution in [0, 0.1) is 5.82 Å². The molecule has 0 bridgehead atoms. The second-order valence-corrected chi connectivity index (χ2v) is 2.69. The van der Waals surface area contributed by atoms with Crippen LogP contribution in [0.15, 0.2) is 12.1 Å². The van der Waals surface area contributed by atoms with Crippen LogP contribution < -0.4 is 0 Å². The molecular weight excluding hydrogens is 183 g/mol. The minimum Gasteiger partial charge on any atom is -0.506 e. The number of rotatable bonds is 1. The molecule has 1 N–H and O–H groups in total. The van der Waals surface area contributed by atoms with E-state index in [1.807, 2.05) is 0 Å². The van der Waals surface area contributed by atoms with Crippen molar-refractivity contribution in [1.29, 1.82) is 0 Å². The molecule has 0 aromatic heterocycles. The SMILES string of the molecule is CC(=O)c1ccc(F)c(Cl)c1O. The summed E-state index contributed by atoms with van der Waals surface area (Å²) in [4.78, 5) is 10.8. The molecule has 0 aliphatic carbocycles. The van der Waals surface area contributed by atoms with Gasteiger partial charge in [0, 0.05) is 0 Å². The molecule has 0 spiro atoms. The third kappa shape index (κ3) is 1.41. The Labute approximate surface area is 73.6 Å². The highest BCUT2D eigenvalue weighted by Gasteiger charge is 2.12. The molecule has 0 amide bonds. The lowest BCUT2D eigenvalue weighted by atomic mass is 10.1. The van der Waals surface area contributed by atoms with E-state index >= 15 is 0 Å². The first-order valence-corrected chi connectivity index (χ1v) is 3.59. The molecule has 12 heavy (non-hydrogen) atoms. The maximum absolute atomic E-state index is 12.6. The van der Waals surface area contributed by atoms with Crippen molar-refractivity contribution in [3.63, 3.8) is 0 Å². The molecule has 0 unspecified atom stereocenters. The Morgan fingerprint density at radius 2 is 2.17 bits per heavy atom. The van der Waals surface area contributed by atoms with Gasteiger partial charge in [-0.25, -0.2) is 4.39 Å². The van der Waals surface area contributed by atoms with Gasteiger partial charge in [-0.2, -0.15) is 0 Å². The molecule has 0 saturated heterocycles. The van der Waals surface area contributed by atoms with E-state index in [0.717, 1.165) is 6.07 Å². The Balaban J connectivity index is 3.36. The fourth-order valence-corrected chi connectivity index (χ4v) is 0.989. The summed E-state index contributed by atoms with van der Waals surface area (Å²) in [5.41, 5.74) is 0.0291. The Bertz CT molecular complexity index is 336. The molecular formula is C8H6ClFO2. The van der Waals surface area contributed by atoms with Gasteiger partial charge in [-0.15, -0.1) is 0 Å². The predicted octanol–water partition coefficient (Wildman–Crippen LogP) is 2.39. The molecule has 2 nitrogen and oxygen atoms in total. The van der Waals surface area contributed by atoms with Gasteiger partial charge < -0.3 is 5.11 Å². The van der Waals surface area contributed by atoms with Crippen LogP contribution >= 0.6 is 11.6 Å². The lowest BCUT2D eigenvalue weighted by Gasteiger charge is -2.02. The molecule has 0 aliphatic heterocycles. The summed E-state index contributed by atoms with van der Waals surface area (Å²) >= 11 is 5.35. The number of benzene rings is 1. The van der Waals surface area contributed by atoms with E-state index in [9.17, 15) is 9.18 Å². The average Bonchev–Trinajstić information content (AvgIpc) is 2.00. The zero-order valence-electron chi connectivity index (χ0n) is 6.27. The maximum Gasteiger partial charge on any atom is 0.163 e. The molecule has 0 radical (unpaired) electrons. The van der Waals surface area contributed by atoms with Crippen molar-refractivity contribution in [2.24, 2.45) is 0 Å². The van der Waals surface area contributed by atoms with Crippen molar-refractivity contribution in [2.45, 2.75) is 6.92 Å². The van der Waals surface area contributed by atoms with Gasteiger partial charge in [0.1, 0.15) is 16.6 Å². The number of carbonyl (C=O) groups is 1. The van der Waals surface area contributed by atoms with Crippen molar-refractivity contribution in [3.05, 3.63) is 28.5 Å². The molecule has 1 aromatic carbocycles. The van der Waals surface area contributed by atoms with Gasteiger partial charge in [0.15, 0.2) is 5.78 Å². The van der Waals surface area contributed by atoms with E-state index in [0.29, 0.717) is 0 Å². The first-order chi connectivity index (χ1) is 5.54. The second-order valence-electron chi connectivity index (χ2n) is 2.31. The number of phenolic OH excluding ortho intramolecular Hbond substituents is 1. The largest absolute Gasteiger partial charge is 0.506 e. The van der Waals surface area contributed by atoms with Crippen LogP contribution in [0.5, 0.6) is 5.75 Å². The Hall–Kier alpha value is -1.09. The van der Waals surface area contributed by atoms with Gasteiger partial charge in [0.25, 0.3) is 0 Å². The third-order valence-electron chi connectivity index (χ3n) is 1.45. The van der Waals surface area contributed by atoms with Gasteiger partial charge in [-0.3, -0.25) is 4.79 Å². The van der Waals surface area contributed by atoms with Crippen molar-refractivity contribution in [1.82, 2.24) is 0 Å². The fourth-order valence-electron chi connectivity index (χ4n) is 0.824. The van der Waals surface area contributed by atoms with E-state index in [2.05, 4.69) is 0 Å². The lowest BCUT2D eigenvalue weighted by Crippen LogP contribution is -1.93. The van der Waals surface area contributed by atoms with Gasteiger partial charge in [-0.05, 0) is 19.1 Å². The number of hydrogen-bond acceptors (Lipinski definition) is 2. The molecule has 0 aliphatic rings. The van der Waals surface area contributed by atoms with Gasteiger partial charge in [0.05, 0.1) is 5.56 Å². The molecule has 0 heterocycles. The summed E-state index contributed by atoms with van der Waals surface area (Å²) in [6, 6.07) is 2.23. The van der Waals surface area contributed by atoms with Crippen LogP contribution in [0.4, 0.5) is 4.39 Å². The summed E-state index contributed by atoms with van der Waals surface area (Å²) in [6.07, 6.45) is 0. The first-order valence-electron chi connectivity index (χ1n) is 3.22. The topological polar surface area (TPSA) is 37.3 Å². The monoisotopic (exact) mass is 188 g/mol. The highest BCUT2D eigenvalue weighted by molar-refractivity contribution is 6.32. The summed E-state index contributed by atoms with van der Waals surface area (Å²) in [7, 11) is 0. The average molecular weight is 189 g/mol. The summed E-state index contributed by atoms with van der Waals surface area (Å²) in [5, 5.41) is 8.74. The number of aromatic hydroxyl groups is 1.